The number of halogens is 2. The monoisotopic (exact) mass is 486 g/mol. The topological polar surface area (TPSA) is 90.1 Å². The van der Waals surface area contributed by atoms with Crippen molar-refractivity contribution < 1.29 is 28.2 Å². The number of fused-ring (bicyclic) bond motifs is 1. The van der Waals surface area contributed by atoms with Crippen LogP contribution in [0.3, 0.4) is 0 Å². The first-order chi connectivity index (χ1) is 16.3. The van der Waals surface area contributed by atoms with Crippen molar-refractivity contribution >= 4 is 23.4 Å². The summed E-state index contributed by atoms with van der Waals surface area (Å²) in [5.41, 5.74) is 1.51. The first-order valence-electron chi connectivity index (χ1n) is 10.3. The van der Waals surface area contributed by atoms with Crippen molar-refractivity contribution in [3.8, 4) is 11.5 Å². The molecule has 0 bridgehead atoms. The Balaban J connectivity index is 1.85. The summed E-state index contributed by atoms with van der Waals surface area (Å²) >= 11 is 1.15. The molecule has 1 aromatic heterocycles. The number of carbonyl (C=O) groups excluding carboxylic acids is 1. The van der Waals surface area contributed by atoms with Gasteiger partial charge in [-0.1, -0.05) is 35.6 Å². The predicted molar refractivity (Wildman–Crippen MR) is 122 cm³/mol. The first kappa shape index (κ1) is 23.4. The smallest absolute Gasteiger partial charge is 0.387 e. The SMILES string of the molecule is CCOC(=O)C1=C(C)N=c2s/c(=C/c3ccc(OC(F)F)cc3)c(=O)n2[C@@H]1c1ccc(O)cc1. The molecular formula is C24H20F2N2O5S. The molecule has 0 aliphatic carbocycles. The van der Waals surface area contributed by atoms with E-state index < -0.39 is 18.6 Å². The summed E-state index contributed by atoms with van der Waals surface area (Å²) in [7, 11) is 0. The van der Waals surface area contributed by atoms with Crippen LogP contribution < -0.4 is 19.6 Å². The molecule has 7 nitrogen and oxygen atoms in total. The second kappa shape index (κ2) is 9.60. The van der Waals surface area contributed by atoms with E-state index in [2.05, 4.69) is 9.73 Å². The third-order valence-corrected chi connectivity index (χ3v) is 6.11. The molecule has 34 heavy (non-hydrogen) atoms. The Hall–Kier alpha value is -3.79. The molecule has 0 amide bonds. The fourth-order valence-corrected chi connectivity index (χ4v) is 4.71. The van der Waals surface area contributed by atoms with E-state index in [0.29, 0.717) is 26.2 Å². The van der Waals surface area contributed by atoms with E-state index in [1.54, 1.807) is 44.2 Å². The number of alkyl halides is 2. The van der Waals surface area contributed by atoms with Gasteiger partial charge in [-0.15, -0.1) is 0 Å². The number of allylic oxidation sites excluding steroid dienone is 1. The number of benzene rings is 2. The molecule has 0 saturated heterocycles. The lowest BCUT2D eigenvalue weighted by Crippen LogP contribution is -2.39. The maximum atomic E-state index is 13.4. The van der Waals surface area contributed by atoms with Crippen LogP contribution in [0.4, 0.5) is 8.78 Å². The normalized spacial score (nSPS) is 15.8. The molecule has 0 saturated carbocycles. The molecule has 3 aromatic rings. The minimum Gasteiger partial charge on any atom is -0.508 e. The molecular weight excluding hydrogens is 466 g/mol. The molecule has 2 aromatic carbocycles. The Labute approximate surface area is 196 Å². The van der Waals surface area contributed by atoms with Gasteiger partial charge in [0, 0.05) is 0 Å². The van der Waals surface area contributed by atoms with Crippen LogP contribution >= 0.6 is 11.3 Å². The average Bonchev–Trinajstić information content (AvgIpc) is 3.09. The standard InChI is InChI=1S/C24H20F2N2O5S/c1-3-32-22(31)19-13(2)27-24-28(20(19)15-6-8-16(29)9-7-15)21(30)18(34-24)12-14-4-10-17(11-5-14)33-23(25)26/h4-12,20,23,29H,3H2,1-2H3/b18-12+/t20-/m1/s1. The van der Waals surface area contributed by atoms with Gasteiger partial charge in [0.25, 0.3) is 5.56 Å². The lowest BCUT2D eigenvalue weighted by atomic mass is 9.96. The number of phenolic OH excluding ortho intramolecular Hbond substituents is 1. The van der Waals surface area contributed by atoms with Crippen molar-refractivity contribution in [3.05, 3.63) is 90.6 Å². The van der Waals surface area contributed by atoms with Crippen LogP contribution in [0.2, 0.25) is 0 Å². The van der Waals surface area contributed by atoms with Crippen molar-refractivity contribution in [2.45, 2.75) is 26.5 Å². The highest BCUT2D eigenvalue weighted by molar-refractivity contribution is 7.07. The number of aromatic nitrogens is 1. The van der Waals surface area contributed by atoms with Gasteiger partial charge in [0.1, 0.15) is 11.5 Å². The van der Waals surface area contributed by atoms with E-state index in [4.69, 9.17) is 4.74 Å². The van der Waals surface area contributed by atoms with Gasteiger partial charge in [-0.3, -0.25) is 9.36 Å². The number of hydrogen-bond acceptors (Lipinski definition) is 7. The fourth-order valence-electron chi connectivity index (χ4n) is 3.66. The lowest BCUT2D eigenvalue weighted by Gasteiger charge is -2.24. The number of nitrogens with zero attached hydrogens (tertiary/aromatic N) is 2. The maximum Gasteiger partial charge on any atom is 0.387 e. The quantitative estimate of drug-likeness (QED) is 0.541. The van der Waals surface area contributed by atoms with Crippen molar-refractivity contribution in [1.82, 2.24) is 4.57 Å². The summed E-state index contributed by atoms with van der Waals surface area (Å²) in [6.45, 7) is 0.605. The van der Waals surface area contributed by atoms with E-state index in [1.807, 2.05) is 0 Å². The van der Waals surface area contributed by atoms with Crippen LogP contribution in [-0.2, 0) is 9.53 Å². The number of phenols is 1. The summed E-state index contributed by atoms with van der Waals surface area (Å²) in [6, 6.07) is 11.3. The highest BCUT2D eigenvalue weighted by Gasteiger charge is 2.33. The van der Waals surface area contributed by atoms with Crippen molar-refractivity contribution in [2.24, 2.45) is 4.99 Å². The fraction of sp³-hybridized carbons (Fsp3) is 0.208. The Bertz CT molecular complexity index is 1420. The van der Waals surface area contributed by atoms with Crippen LogP contribution in [0.5, 0.6) is 11.5 Å². The molecule has 0 spiro atoms. The Morgan fingerprint density at radius 1 is 1.21 bits per heavy atom. The van der Waals surface area contributed by atoms with E-state index >= 15 is 0 Å². The summed E-state index contributed by atoms with van der Waals surface area (Å²) < 4.78 is 36.1. The van der Waals surface area contributed by atoms with E-state index in [0.717, 1.165) is 11.3 Å². The molecule has 1 aliphatic heterocycles. The number of aromatic hydroxyl groups is 1. The van der Waals surface area contributed by atoms with Gasteiger partial charge in [-0.25, -0.2) is 9.79 Å². The number of carbonyl (C=O) groups is 1. The zero-order chi connectivity index (χ0) is 24.4. The number of esters is 1. The zero-order valence-corrected chi connectivity index (χ0v) is 19.0. The third-order valence-electron chi connectivity index (χ3n) is 5.13. The molecule has 10 heteroatoms. The van der Waals surface area contributed by atoms with E-state index in [1.165, 1.54) is 28.8 Å². The van der Waals surface area contributed by atoms with Crippen LogP contribution in [0.15, 0.2) is 69.6 Å². The zero-order valence-electron chi connectivity index (χ0n) is 18.2. The second-order valence-corrected chi connectivity index (χ2v) is 8.35. The summed E-state index contributed by atoms with van der Waals surface area (Å²) in [5, 5.41) is 9.71. The number of thiazole rings is 1. The lowest BCUT2D eigenvalue weighted by molar-refractivity contribution is -0.139. The van der Waals surface area contributed by atoms with Gasteiger partial charge in [-0.05, 0) is 55.3 Å². The number of ether oxygens (including phenoxy) is 2. The van der Waals surface area contributed by atoms with Gasteiger partial charge in [0.15, 0.2) is 4.80 Å². The Morgan fingerprint density at radius 2 is 1.88 bits per heavy atom. The molecule has 0 unspecified atom stereocenters. The van der Waals surface area contributed by atoms with Crippen LogP contribution in [0.25, 0.3) is 6.08 Å². The van der Waals surface area contributed by atoms with E-state index in [9.17, 15) is 23.5 Å². The highest BCUT2D eigenvalue weighted by Crippen LogP contribution is 2.31. The summed E-state index contributed by atoms with van der Waals surface area (Å²) in [4.78, 5) is 31.1. The number of rotatable bonds is 6. The number of hydrogen-bond donors (Lipinski definition) is 1. The summed E-state index contributed by atoms with van der Waals surface area (Å²) in [6.07, 6.45) is 1.62. The first-order valence-corrected chi connectivity index (χ1v) is 11.1. The molecule has 2 heterocycles. The van der Waals surface area contributed by atoms with Crippen LogP contribution in [-0.4, -0.2) is 28.9 Å². The van der Waals surface area contributed by atoms with Crippen molar-refractivity contribution in [3.63, 3.8) is 0 Å². The van der Waals surface area contributed by atoms with Crippen molar-refractivity contribution in [1.29, 1.82) is 0 Å². The van der Waals surface area contributed by atoms with Gasteiger partial charge < -0.3 is 14.6 Å². The second-order valence-electron chi connectivity index (χ2n) is 7.34. The Morgan fingerprint density at radius 3 is 2.50 bits per heavy atom. The van der Waals surface area contributed by atoms with Gasteiger partial charge in [-0.2, -0.15) is 8.78 Å². The average molecular weight is 486 g/mol. The molecule has 0 radical (unpaired) electrons. The maximum absolute atomic E-state index is 13.4. The minimum absolute atomic E-state index is 0.00985. The van der Waals surface area contributed by atoms with Crippen LogP contribution in [0.1, 0.15) is 31.0 Å². The molecule has 0 fully saturated rings. The summed E-state index contributed by atoms with van der Waals surface area (Å²) in [5.74, 6) is -0.518. The van der Waals surface area contributed by atoms with Gasteiger partial charge in [0.05, 0.1) is 28.5 Å². The Kier molecular flexibility index (Phi) is 6.60. The van der Waals surface area contributed by atoms with Crippen LogP contribution in [0, 0.1) is 0 Å². The third kappa shape index (κ3) is 4.62. The molecule has 4 rings (SSSR count). The largest absolute Gasteiger partial charge is 0.508 e. The molecule has 1 atom stereocenters. The molecule has 1 N–H and O–H groups in total. The predicted octanol–water partition coefficient (Wildman–Crippen LogP) is 3.11. The van der Waals surface area contributed by atoms with Gasteiger partial charge >= 0.3 is 12.6 Å². The van der Waals surface area contributed by atoms with E-state index in [-0.39, 0.29) is 29.2 Å². The molecule has 1 aliphatic rings. The molecule has 176 valence electrons. The minimum atomic E-state index is -2.92. The highest BCUT2D eigenvalue weighted by atomic mass is 32.1. The van der Waals surface area contributed by atoms with Crippen molar-refractivity contribution in [2.75, 3.05) is 6.61 Å². The van der Waals surface area contributed by atoms with Gasteiger partial charge in [0.2, 0.25) is 0 Å².